The molecule has 1 aromatic heterocycles. The van der Waals surface area contributed by atoms with Crippen LogP contribution in [0, 0.1) is 12.7 Å². The summed E-state index contributed by atoms with van der Waals surface area (Å²) in [6.45, 7) is 3.26. The molecule has 0 unspecified atom stereocenters. The summed E-state index contributed by atoms with van der Waals surface area (Å²) in [7, 11) is 1.67. The predicted octanol–water partition coefficient (Wildman–Crippen LogP) is 3.49. The number of aromatic nitrogens is 2. The monoisotopic (exact) mass is 505 g/mol. The maximum absolute atomic E-state index is 13.8. The van der Waals surface area contributed by atoms with Crippen LogP contribution < -0.4 is 21.5 Å². The molecule has 0 saturated heterocycles. The van der Waals surface area contributed by atoms with E-state index in [1.165, 1.54) is 34.5 Å². The van der Waals surface area contributed by atoms with E-state index in [2.05, 4.69) is 27.0 Å². The van der Waals surface area contributed by atoms with Gasteiger partial charge in [-0.25, -0.2) is 9.37 Å². The largest absolute Gasteiger partial charge is 0.348 e. The smallest absolute Gasteiger partial charge is 0.278 e. The summed E-state index contributed by atoms with van der Waals surface area (Å²) in [5, 5.41) is 8.60. The van der Waals surface area contributed by atoms with Crippen molar-refractivity contribution in [3.63, 3.8) is 0 Å². The SMILES string of the molecule is CC[C@H](NC)C(=O)Nc1cnc(-c2ccc(F)cc2C)n(CC(=O)N[C@@H]2CCCc3ccccc32)c1=O. The van der Waals surface area contributed by atoms with Crippen LogP contribution in [0.4, 0.5) is 10.1 Å². The molecular formula is C28H32FN5O3. The van der Waals surface area contributed by atoms with Crippen molar-refractivity contribution in [1.29, 1.82) is 0 Å². The highest BCUT2D eigenvalue weighted by Crippen LogP contribution is 2.29. The van der Waals surface area contributed by atoms with E-state index in [0.29, 0.717) is 17.5 Å². The number of carbonyl (C=O) groups is 2. The highest BCUT2D eigenvalue weighted by molar-refractivity contribution is 5.94. The van der Waals surface area contributed by atoms with E-state index in [1.54, 1.807) is 14.0 Å². The van der Waals surface area contributed by atoms with Crippen LogP contribution in [0.2, 0.25) is 0 Å². The van der Waals surface area contributed by atoms with Crippen LogP contribution in [0.25, 0.3) is 11.4 Å². The number of hydrogen-bond acceptors (Lipinski definition) is 5. The van der Waals surface area contributed by atoms with E-state index in [4.69, 9.17) is 0 Å². The molecule has 9 heteroatoms. The fourth-order valence-corrected chi connectivity index (χ4v) is 4.85. The lowest BCUT2D eigenvalue weighted by Crippen LogP contribution is -2.41. The average Bonchev–Trinajstić information content (AvgIpc) is 2.88. The minimum absolute atomic E-state index is 0.0296. The van der Waals surface area contributed by atoms with Gasteiger partial charge < -0.3 is 16.0 Å². The second-order valence-electron chi connectivity index (χ2n) is 9.30. The quantitative estimate of drug-likeness (QED) is 0.435. The number of nitrogens with zero attached hydrogens (tertiary/aromatic N) is 2. The van der Waals surface area contributed by atoms with Crippen LogP contribution in [-0.4, -0.2) is 34.5 Å². The van der Waals surface area contributed by atoms with E-state index in [1.807, 2.05) is 25.1 Å². The van der Waals surface area contributed by atoms with E-state index < -0.39 is 17.4 Å². The summed E-state index contributed by atoms with van der Waals surface area (Å²) >= 11 is 0. The fraction of sp³-hybridized carbons (Fsp3) is 0.357. The molecule has 0 spiro atoms. The van der Waals surface area contributed by atoms with Gasteiger partial charge in [0.25, 0.3) is 5.56 Å². The van der Waals surface area contributed by atoms with Gasteiger partial charge in [-0.05, 0) is 74.5 Å². The van der Waals surface area contributed by atoms with Gasteiger partial charge in [0.15, 0.2) is 0 Å². The lowest BCUT2D eigenvalue weighted by molar-refractivity contribution is -0.122. The molecule has 2 atom stereocenters. The molecule has 0 bridgehead atoms. The van der Waals surface area contributed by atoms with E-state index in [9.17, 15) is 18.8 Å². The average molecular weight is 506 g/mol. The number of aryl methyl sites for hydroxylation is 2. The van der Waals surface area contributed by atoms with Crippen molar-refractivity contribution < 1.29 is 14.0 Å². The number of benzene rings is 2. The van der Waals surface area contributed by atoms with Crippen molar-refractivity contribution in [3.8, 4) is 11.4 Å². The van der Waals surface area contributed by atoms with Crippen molar-refractivity contribution in [2.75, 3.05) is 12.4 Å². The second-order valence-corrected chi connectivity index (χ2v) is 9.30. The summed E-state index contributed by atoms with van der Waals surface area (Å²) < 4.78 is 15.0. The Labute approximate surface area is 215 Å². The Balaban J connectivity index is 1.68. The third-order valence-corrected chi connectivity index (χ3v) is 6.81. The molecule has 1 aliphatic carbocycles. The van der Waals surface area contributed by atoms with E-state index in [-0.39, 0.29) is 35.9 Å². The first-order valence-corrected chi connectivity index (χ1v) is 12.5. The summed E-state index contributed by atoms with van der Waals surface area (Å²) in [5.41, 5.74) is 2.79. The number of carbonyl (C=O) groups excluding carboxylic acids is 2. The highest BCUT2D eigenvalue weighted by atomic mass is 19.1. The molecule has 8 nitrogen and oxygen atoms in total. The van der Waals surface area contributed by atoms with Gasteiger partial charge in [0.2, 0.25) is 11.8 Å². The zero-order valence-electron chi connectivity index (χ0n) is 21.3. The molecule has 0 fully saturated rings. The number of hydrogen-bond donors (Lipinski definition) is 3. The molecular weight excluding hydrogens is 473 g/mol. The van der Waals surface area contributed by atoms with Gasteiger partial charge in [0, 0.05) is 5.56 Å². The van der Waals surface area contributed by atoms with Crippen LogP contribution in [0.1, 0.15) is 48.9 Å². The summed E-state index contributed by atoms with van der Waals surface area (Å²) in [6, 6.07) is 11.6. The molecule has 0 radical (unpaired) electrons. The normalized spacial score (nSPS) is 15.5. The highest BCUT2D eigenvalue weighted by Gasteiger charge is 2.24. The fourth-order valence-electron chi connectivity index (χ4n) is 4.85. The third kappa shape index (κ3) is 5.77. The van der Waals surface area contributed by atoms with Gasteiger partial charge in [-0.2, -0.15) is 0 Å². The Morgan fingerprint density at radius 3 is 2.73 bits per heavy atom. The van der Waals surface area contributed by atoms with Crippen LogP contribution in [0.5, 0.6) is 0 Å². The van der Waals surface area contributed by atoms with Crippen molar-refractivity contribution in [2.45, 2.75) is 58.2 Å². The van der Waals surface area contributed by atoms with Gasteiger partial charge in [0.1, 0.15) is 23.9 Å². The van der Waals surface area contributed by atoms with E-state index in [0.717, 1.165) is 24.8 Å². The summed E-state index contributed by atoms with van der Waals surface area (Å²) in [4.78, 5) is 43.8. The van der Waals surface area contributed by atoms with Crippen LogP contribution >= 0.6 is 0 Å². The Morgan fingerprint density at radius 2 is 2.00 bits per heavy atom. The number of amides is 2. The Morgan fingerprint density at radius 1 is 1.22 bits per heavy atom. The van der Waals surface area contributed by atoms with Crippen molar-refractivity contribution in [3.05, 3.63) is 81.5 Å². The topological polar surface area (TPSA) is 105 Å². The maximum Gasteiger partial charge on any atom is 0.278 e. The number of likely N-dealkylation sites (N-methyl/N-ethyl adjacent to an activating group) is 1. The zero-order valence-corrected chi connectivity index (χ0v) is 21.3. The predicted molar refractivity (Wildman–Crippen MR) is 141 cm³/mol. The summed E-state index contributed by atoms with van der Waals surface area (Å²) in [6.07, 6.45) is 4.54. The molecule has 1 heterocycles. The molecule has 0 aliphatic heterocycles. The number of fused-ring (bicyclic) bond motifs is 1. The van der Waals surface area contributed by atoms with Gasteiger partial charge in [-0.3, -0.25) is 19.0 Å². The standard InChI is InChI=1S/C28H32FN5O3/c1-4-22(30-3)27(36)33-24-15-31-26(20-13-12-19(29)14-17(20)2)34(28(24)37)16-25(35)32-23-11-7-9-18-8-5-6-10-21(18)23/h5-6,8,10,12-15,22-23,30H,4,7,9,11,16H2,1-3H3,(H,32,35)(H,33,36)/t22-,23+/m0/s1. The third-order valence-electron chi connectivity index (χ3n) is 6.81. The molecule has 1 aliphatic rings. The molecule has 3 aromatic rings. The van der Waals surface area contributed by atoms with Gasteiger partial charge in [0.05, 0.1) is 18.3 Å². The second kappa shape index (κ2) is 11.5. The molecule has 4 rings (SSSR count). The van der Waals surface area contributed by atoms with E-state index >= 15 is 0 Å². The maximum atomic E-state index is 13.8. The van der Waals surface area contributed by atoms with Crippen molar-refractivity contribution in [2.24, 2.45) is 0 Å². The minimum Gasteiger partial charge on any atom is -0.348 e. The minimum atomic E-state index is -0.563. The lowest BCUT2D eigenvalue weighted by Gasteiger charge is -2.26. The number of anilines is 1. The molecule has 0 saturated carbocycles. The molecule has 37 heavy (non-hydrogen) atoms. The van der Waals surface area contributed by atoms with Gasteiger partial charge in [-0.1, -0.05) is 31.2 Å². The van der Waals surface area contributed by atoms with Crippen LogP contribution in [0.15, 0.2) is 53.5 Å². The number of rotatable bonds is 8. The molecule has 2 aromatic carbocycles. The lowest BCUT2D eigenvalue weighted by atomic mass is 9.88. The van der Waals surface area contributed by atoms with Crippen molar-refractivity contribution >= 4 is 17.5 Å². The molecule has 2 amide bonds. The molecule has 194 valence electrons. The summed E-state index contributed by atoms with van der Waals surface area (Å²) in [5.74, 6) is -0.910. The first kappa shape index (κ1) is 26.2. The van der Waals surface area contributed by atoms with Crippen LogP contribution in [0.3, 0.4) is 0 Å². The number of nitrogens with one attached hydrogen (secondary N) is 3. The van der Waals surface area contributed by atoms with Gasteiger partial charge >= 0.3 is 0 Å². The Hall–Kier alpha value is -3.85. The van der Waals surface area contributed by atoms with Crippen LogP contribution in [-0.2, 0) is 22.6 Å². The Bertz CT molecular complexity index is 1370. The van der Waals surface area contributed by atoms with Crippen molar-refractivity contribution in [1.82, 2.24) is 20.2 Å². The molecule has 3 N–H and O–H groups in total. The Kier molecular flexibility index (Phi) is 8.13. The number of halogens is 1. The first-order chi connectivity index (χ1) is 17.8. The zero-order chi connectivity index (χ0) is 26.5. The van der Waals surface area contributed by atoms with Gasteiger partial charge in [-0.15, -0.1) is 0 Å². The first-order valence-electron chi connectivity index (χ1n) is 12.5.